The van der Waals surface area contributed by atoms with E-state index in [2.05, 4.69) is 24.3 Å². The van der Waals surface area contributed by atoms with Crippen molar-refractivity contribution >= 4 is 53.3 Å². The molecule has 8 aromatic carbocycles. The van der Waals surface area contributed by atoms with Gasteiger partial charge in [0.2, 0.25) is 0 Å². The molecule has 262 valence electrons. The smallest absolute Gasteiger partial charge is 0.166 e. The molecule has 0 saturated carbocycles. The molecule has 0 fully saturated rings. The van der Waals surface area contributed by atoms with E-state index in [4.69, 9.17) is 23.2 Å². The summed E-state index contributed by atoms with van der Waals surface area (Å²) in [5, 5.41) is 2.14. The van der Waals surface area contributed by atoms with Crippen molar-refractivity contribution in [1.29, 1.82) is 0 Å². The highest BCUT2D eigenvalue weighted by molar-refractivity contribution is 7.25. The van der Waals surface area contributed by atoms with Crippen LogP contribution < -0.4 is 0 Å². The second-order valence-corrected chi connectivity index (χ2v) is 14.5. The Morgan fingerprint density at radius 3 is 1.66 bits per heavy atom. The molecule has 11 rings (SSSR count). The Kier molecular flexibility index (Phi) is 5.92. The monoisotopic (exact) mass is 740 g/mol. The van der Waals surface area contributed by atoms with E-state index < -0.39 is 48.3 Å². The van der Waals surface area contributed by atoms with Gasteiger partial charge in [0, 0.05) is 47.6 Å². The van der Waals surface area contributed by atoms with E-state index in [1.54, 1.807) is 11.3 Å². The Bertz CT molecular complexity index is 3630. The van der Waals surface area contributed by atoms with E-state index in [0.717, 1.165) is 53.6 Å². The summed E-state index contributed by atoms with van der Waals surface area (Å²) >= 11 is 1.70. The third kappa shape index (κ3) is 5.40. The number of nitrogens with zero attached hydrogens (tertiary/aromatic N) is 4. The zero-order chi connectivity index (χ0) is 44.0. The summed E-state index contributed by atoms with van der Waals surface area (Å²) in [4.78, 5) is 15.3. The fourth-order valence-corrected chi connectivity index (χ4v) is 8.67. The topological polar surface area (TPSA) is 43.6 Å². The first-order valence-electron chi connectivity index (χ1n) is 22.1. The molecule has 4 nitrogen and oxygen atoms in total. The maximum atomic E-state index is 9.30. The van der Waals surface area contributed by atoms with Crippen molar-refractivity contribution in [2.24, 2.45) is 0 Å². The number of hydrogen-bond acceptors (Lipinski definition) is 4. The molecule has 0 radical (unpaired) electrons. The SMILES string of the molecule is [2H]c1c([2H])c([2H])c2c(c1[2H])c1c([2H])c([2H])c([2H])c([2H])c1n2-c1ccc(-c2cccc3sc4ccccc4c23)cc1-c1nc(-c2ccccc2)nc(-c2ccc(-c3ccccc3)cc2)n1. The van der Waals surface area contributed by atoms with Crippen LogP contribution in [0.4, 0.5) is 0 Å². The van der Waals surface area contributed by atoms with Gasteiger partial charge in [-0.05, 0) is 58.6 Å². The van der Waals surface area contributed by atoms with E-state index in [1.807, 2.05) is 121 Å². The van der Waals surface area contributed by atoms with Gasteiger partial charge >= 0.3 is 0 Å². The molecule has 0 aliphatic rings. The van der Waals surface area contributed by atoms with Crippen molar-refractivity contribution in [1.82, 2.24) is 19.5 Å². The quantitative estimate of drug-likeness (QED) is 0.170. The van der Waals surface area contributed by atoms with Crippen molar-refractivity contribution < 1.29 is 11.0 Å². The predicted molar refractivity (Wildman–Crippen MR) is 234 cm³/mol. The predicted octanol–water partition coefficient (Wildman–Crippen LogP) is 13.7. The van der Waals surface area contributed by atoms with E-state index >= 15 is 0 Å². The van der Waals surface area contributed by atoms with Gasteiger partial charge in [-0.1, -0.05) is 158 Å². The number of hydrogen-bond donors (Lipinski definition) is 0. The van der Waals surface area contributed by atoms with Gasteiger partial charge in [0.1, 0.15) is 0 Å². The van der Waals surface area contributed by atoms with Crippen LogP contribution in [0.15, 0.2) is 194 Å². The van der Waals surface area contributed by atoms with Crippen LogP contribution in [0, 0.1) is 0 Å². The Morgan fingerprint density at radius 2 is 0.946 bits per heavy atom. The molecule has 0 atom stereocenters. The second-order valence-electron chi connectivity index (χ2n) is 13.4. The Hall–Kier alpha value is -7.21. The number of aromatic nitrogens is 4. The summed E-state index contributed by atoms with van der Waals surface area (Å²) in [7, 11) is 0. The Labute approximate surface area is 338 Å². The van der Waals surface area contributed by atoms with Gasteiger partial charge in [-0.15, -0.1) is 11.3 Å². The molecule has 0 bridgehead atoms. The summed E-state index contributed by atoms with van der Waals surface area (Å²) in [6, 6.07) is 44.1. The minimum atomic E-state index is -0.511. The molecule has 3 heterocycles. The number of rotatable bonds is 6. The highest BCUT2D eigenvalue weighted by atomic mass is 32.1. The van der Waals surface area contributed by atoms with Crippen LogP contribution in [0.3, 0.4) is 0 Å². The van der Waals surface area contributed by atoms with Gasteiger partial charge in [0.15, 0.2) is 17.5 Å². The van der Waals surface area contributed by atoms with Crippen LogP contribution in [0.5, 0.6) is 0 Å². The minimum absolute atomic E-state index is 0.00185. The van der Waals surface area contributed by atoms with Crippen molar-refractivity contribution in [3.8, 4) is 62.1 Å². The lowest BCUT2D eigenvalue weighted by Gasteiger charge is -2.17. The summed E-state index contributed by atoms with van der Waals surface area (Å²) in [5.74, 6) is 1.02. The van der Waals surface area contributed by atoms with Crippen molar-refractivity contribution in [2.75, 3.05) is 0 Å². The molecule has 0 aliphatic heterocycles. The largest absolute Gasteiger partial charge is 0.309 e. The van der Waals surface area contributed by atoms with E-state index in [0.29, 0.717) is 22.9 Å². The summed E-state index contributed by atoms with van der Waals surface area (Å²) in [6.45, 7) is 0. The van der Waals surface area contributed by atoms with Crippen LogP contribution in [0.25, 0.3) is 104 Å². The summed E-state index contributed by atoms with van der Waals surface area (Å²) in [5.41, 5.74) is 6.10. The second kappa shape index (κ2) is 13.3. The molecule has 0 aliphatic carbocycles. The Morgan fingerprint density at radius 1 is 0.411 bits per heavy atom. The van der Waals surface area contributed by atoms with Gasteiger partial charge in [0.25, 0.3) is 0 Å². The molecule has 5 heteroatoms. The Balaban J connectivity index is 1.26. The van der Waals surface area contributed by atoms with Crippen LogP contribution in [0.1, 0.15) is 11.0 Å². The van der Waals surface area contributed by atoms with E-state index in [9.17, 15) is 2.74 Å². The summed E-state index contributed by atoms with van der Waals surface area (Å²) in [6.07, 6.45) is 0. The highest BCUT2D eigenvalue weighted by Crippen LogP contribution is 2.43. The molecule has 3 aromatic heterocycles. The normalized spacial score (nSPS) is 13.6. The average Bonchev–Trinajstić information content (AvgIpc) is 3.91. The minimum Gasteiger partial charge on any atom is -0.309 e. The van der Waals surface area contributed by atoms with Gasteiger partial charge in [-0.3, -0.25) is 0 Å². The van der Waals surface area contributed by atoms with Crippen molar-refractivity contribution in [3.63, 3.8) is 0 Å². The summed E-state index contributed by atoms with van der Waals surface area (Å²) < 4.78 is 75.4. The first-order chi connectivity index (χ1) is 31.1. The third-order valence-electron chi connectivity index (χ3n) is 10.1. The molecular formula is C51H32N4S. The number of benzene rings is 8. The van der Waals surface area contributed by atoms with Gasteiger partial charge in [0.05, 0.1) is 27.7 Å². The average molecular weight is 741 g/mol. The molecular weight excluding hydrogens is 701 g/mol. The molecule has 0 spiro atoms. The molecule has 0 N–H and O–H groups in total. The molecule has 11 aromatic rings. The van der Waals surface area contributed by atoms with Crippen molar-refractivity contribution in [2.45, 2.75) is 0 Å². The highest BCUT2D eigenvalue weighted by Gasteiger charge is 2.21. The fourth-order valence-electron chi connectivity index (χ4n) is 7.54. The molecule has 56 heavy (non-hydrogen) atoms. The van der Waals surface area contributed by atoms with Crippen LogP contribution in [-0.4, -0.2) is 19.5 Å². The van der Waals surface area contributed by atoms with Crippen LogP contribution in [0.2, 0.25) is 0 Å². The lowest BCUT2D eigenvalue weighted by atomic mass is 9.96. The lowest BCUT2D eigenvalue weighted by Crippen LogP contribution is -2.04. The number of fused-ring (bicyclic) bond motifs is 6. The van der Waals surface area contributed by atoms with Crippen molar-refractivity contribution in [3.05, 3.63) is 194 Å². The maximum absolute atomic E-state index is 9.30. The zero-order valence-electron chi connectivity index (χ0n) is 37.6. The zero-order valence-corrected chi connectivity index (χ0v) is 30.4. The number of para-hydroxylation sites is 2. The first kappa shape index (κ1) is 25.0. The van der Waals surface area contributed by atoms with E-state index in [-0.39, 0.29) is 27.6 Å². The number of thiophene rings is 1. The van der Waals surface area contributed by atoms with Gasteiger partial charge in [-0.2, -0.15) is 0 Å². The van der Waals surface area contributed by atoms with Crippen LogP contribution >= 0.6 is 11.3 Å². The maximum Gasteiger partial charge on any atom is 0.166 e. The van der Waals surface area contributed by atoms with Gasteiger partial charge in [-0.25, -0.2) is 15.0 Å². The third-order valence-corrected chi connectivity index (χ3v) is 11.3. The first-order valence-corrected chi connectivity index (χ1v) is 18.9. The molecule has 0 unspecified atom stereocenters. The fraction of sp³-hybridized carbons (Fsp3) is 0. The van der Waals surface area contributed by atoms with E-state index in [1.165, 1.54) is 4.57 Å². The molecule has 0 saturated heterocycles. The molecule has 0 amide bonds. The standard InChI is InChI=1S/C51H32N4S/c1-3-14-33(15-4-1)34-26-28-36(29-27-34)50-52-49(35-16-5-2-6-17-35)53-51(54-50)42-32-37(38-21-13-25-47-48(38)41-20-9-12-24-46(41)56-47)30-31-45(42)55-43-22-10-7-18-39(43)40-19-8-11-23-44(40)55/h1-32H/i7D,8D,10D,11D,18D,19D,22D,23D. The lowest BCUT2D eigenvalue weighted by molar-refractivity contribution is 1.06. The van der Waals surface area contributed by atoms with Gasteiger partial charge < -0.3 is 4.57 Å². The van der Waals surface area contributed by atoms with Crippen LogP contribution in [-0.2, 0) is 0 Å².